The minimum Gasteiger partial charge on any atom is -0.263 e. The summed E-state index contributed by atoms with van der Waals surface area (Å²) in [7, 11) is -3.23. The molecule has 94 valence electrons. The summed E-state index contributed by atoms with van der Waals surface area (Å²) in [5, 5.41) is 0. The Morgan fingerprint density at radius 3 is 2.33 bits per heavy atom. The molecule has 1 aromatic heterocycles. The predicted octanol–water partition coefficient (Wildman–Crippen LogP) is 2.89. The average Bonchev–Trinajstić information content (AvgIpc) is 2.38. The van der Waals surface area contributed by atoms with Crippen LogP contribution in [0.4, 0.5) is 0 Å². The second-order valence-electron chi connectivity index (χ2n) is 4.01. The molecule has 0 amide bonds. The lowest BCUT2D eigenvalue weighted by molar-refractivity contribution is 0.601. The summed E-state index contributed by atoms with van der Waals surface area (Å²) in [4.78, 5) is 4.19. The molecule has 1 aromatic carbocycles. The number of halogens is 1. The molecule has 0 fully saturated rings. The van der Waals surface area contributed by atoms with E-state index < -0.39 is 9.84 Å². The zero-order valence-corrected chi connectivity index (χ0v) is 11.4. The van der Waals surface area contributed by atoms with E-state index in [4.69, 9.17) is 11.6 Å². The minimum atomic E-state index is -3.23. The van der Waals surface area contributed by atoms with Crippen LogP contribution in [0.2, 0.25) is 0 Å². The maximum absolute atomic E-state index is 11.5. The number of benzene rings is 1. The summed E-state index contributed by atoms with van der Waals surface area (Å²) in [6.07, 6.45) is 4.17. The molecule has 0 aliphatic heterocycles. The van der Waals surface area contributed by atoms with Crippen LogP contribution >= 0.6 is 11.6 Å². The first-order chi connectivity index (χ1) is 8.50. The highest BCUT2D eigenvalue weighted by atomic mass is 35.5. The lowest BCUT2D eigenvalue weighted by Gasteiger charge is -2.04. The van der Waals surface area contributed by atoms with Gasteiger partial charge in [0.2, 0.25) is 0 Å². The van der Waals surface area contributed by atoms with Crippen LogP contribution in [0, 0.1) is 0 Å². The van der Waals surface area contributed by atoms with Crippen LogP contribution in [0.15, 0.2) is 47.6 Å². The van der Waals surface area contributed by atoms with Crippen molar-refractivity contribution < 1.29 is 8.42 Å². The fraction of sp³-hybridized carbons (Fsp3) is 0.154. The van der Waals surface area contributed by atoms with E-state index in [0.29, 0.717) is 5.88 Å². The molecular formula is C13H12ClNO2S. The SMILES string of the molecule is CS(=O)(=O)c1cncc(-c2ccc(CCl)cc2)c1. The molecule has 0 atom stereocenters. The summed E-state index contributed by atoms with van der Waals surface area (Å²) in [5.41, 5.74) is 2.72. The number of hydrogen-bond acceptors (Lipinski definition) is 3. The fourth-order valence-electron chi connectivity index (χ4n) is 1.57. The van der Waals surface area contributed by atoms with Gasteiger partial charge in [0.15, 0.2) is 9.84 Å². The second kappa shape index (κ2) is 5.08. The Balaban J connectivity index is 2.44. The first-order valence-electron chi connectivity index (χ1n) is 5.31. The highest BCUT2D eigenvalue weighted by Gasteiger charge is 2.09. The Kier molecular flexibility index (Phi) is 3.68. The third-order valence-corrected chi connectivity index (χ3v) is 3.97. The van der Waals surface area contributed by atoms with Crippen molar-refractivity contribution >= 4 is 21.4 Å². The lowest BCUT2D eigenvalue weighted by atomic mass is 10.1. The smallest absolute Gasteiger partial charge is 0.177 e. The third-order valence-electron chi connectivity index (χ3n) is 2.58. The van der Waals surface area contributed by atoms with Crippen molar-refractivity contribution in [2.45, 2.75) is 10.8 Å². The Hall–Kier alpha value is -1.39. The largest absolute Gasteiger partial charge is 0.263 e. The molecule has 2 aromatic rings. The zero-order valence-electron chi connectivity index (χ0n) is 9.80. The van der Waals surface area contributed by atoms with Crippen molar-refractivity contribution in [3.05, 3.63) is 48.3 Å². The number of aromatic nitrogens is 1. The van der Waals surface area contributed by atoms with Gasteiger partial charge in [-0.1, -0.05) is 24.3 Å². The highest BCUT2D eigenvalue weighted by molar-refractivity contribution is 7.90. The van der Waals surface area contributed by atoms with Crippen molar-refractivity contribution in [3.8, 4) is 11.1 Å². The lowest BCUT2D eigenvalue weighted by Crippen LogP contribution is -1.98. The van der Waals surface area contributed by atoms with E-state index in [1.807, 2.05) is 24.3 Å². The van der Waals surface area contributed by atoms with Crippen molar-refractivity contribution in [1.29, 1.82) is 0 Å². The Morgan fingerprint density at radius 2 is 1.78 bits per heavy atom. The van der Waals surface area contributed by atoms with Crippen molar-refractivity contribution in [1.82, 2.24) is 4.98 Å². The second-order valence-corrected chi connectivity index (χ2v) is 6.30. The van der Waals surface area contributed by atoms with E-state index in [-0.39, 0.29) is 4.90 Å². The number of nitrogens with zero attached hydrogens (tertiary/aromatic N) is 1. The van der Waals surface area contributed by atoms with Gasteiger partial charge in [0.05, 0.1) is 4.90 Å². The Morgan fingerprint density at radius 1 is 1.11 bits per heavy atom. The molecule has 1 heterocycles. The molecule has 0 spiro atoms. The van der Waals surface area contributed by atoms with E-state index in [1.165, 1.54) is 12.5 Å². The number of rotatable bonds is 3. The molecule has 2 rings (SSSR count). The van der Waals surface area contributed by atoms with Gasteiger partial charge in [0, 0.05) is 30.1 Å². The van der Waals surface area contributed by atoms with E-state index in [2.05, 4.69) is 4.98 Å². The summed E-state index contributed by atoms with van der Waals surface area (Å²) < 4.78 is 22.9. The summed E-state index contributed by atoms with van der Waals surface area (Å²) in [6, 6.07) is 9.25. The molecule has 0 radical (unpaired) electrons. The monoisotopic (exact) mass is 281 g/mol. The van der Waals surface area contributed by atoms with Gasteiger partial charge < -0.3 is 0 Å². The van der Waals surface area contributed by atoms with Gasteiger partial charge in [0.25, 0.3) is 0 Å². The fourth-order valence-corrected chi connectivity index (χ4v) is 2.34. The van der Waals surface area contributed by atoms with E-state index in [0.717, 1.165) is 16.7 Å². The molecule has 18 heavy (non-hydrogen) atoms. The van der Waals surface area contributed by atoms with Gasteiger partial charge in [-0.2, -0.15) is 0 Å². The number of hydrogen-bond donors (Lipinski definition) is 0. The number of alkyl halides is 1. The maximum Gasteiger partial charge on any atom is 0.177 e. The normalized spacial score (nSPS) is 11.4. The molecule has 0 saturated heterocycles. The van der Waals surface area contributed by atoms with Crippen LogP contribution in [-0.4, -0.2) is 19.7 Å². The third kappa shape index (κ3) is 2.89. The van der Waals surface area contributed by atoms with Gasteiger partial charge >= 0.3 is 0 Å². The minimum absolute atomic E-state index is 0.224. The van der Waals surface area contributed by atoms with Gasteiger partial charge in [0.1, 0.15) is 0 Å². The van der Waals surface area contributed by atoms with E-state index in [1.54, 1.807) is 12.3 Å². The molecule has 3 nitrogen and oxygen atoms in total. The van der Waals surface area contributed by atoms with Gasteiger partial charge in [-0.05, 0) is 17.2 Å². The topological polar surface area (TPSA) is 47.0 Å². The van der Waals surface area contributed by atoms with Crippen molar-refractivity contribution in [3.63, 3.8) is 0 Å². The van der Waals surface area contributed by atoms with Crippen molar-refractivity contribution in [2.75, 3.05) is 6.26 Å². The molecule has 0 aliphatic rings. The molecule has 0 aliphatic carbocycles. The predicted molar refractivity (Wildman–Crippen MR) is 72.3 cm³/mol. The highest BCUT2D eigenvalue weighted by Crippen LogP contribution is 2.22. The average molecular weight is 282 g/mol. The van der Waals surface area contributed by atoms with Crippen LogP contribution in [0.25, 0.3) is 11.1 Å². The quantitative estimate of drug-likeness (QED) is 0.813. The molecule has 5 heteroatoms. The summed E-state index contributed by atoms with van der Waals surface area (Å²) in [6.45, 7) is 0. The van der Waals surface area contributed by atoms with Gasteiger partial charge in [-0.25, -0.2) is 8.42 Å². The molecule has 0 N–H and O–H groups in total. The molecule has 0 bridgehead atoms. The molecule has 0 unspecified atom stereocenters. The van der Waals surface area contributed by atoms with E-state index >= 15 is 0 Å². The van der Waals surface area contributed by atoms with Crippen LogP contribution in [0.1, 0.15) is 5.56 Å². The van der Waals surface area contributed by atoms with Gasteiger partial charge in [-0.3, -0.25) is 4.98 Å². The summed E-state index contributed by atoms with van der Waals surface area (Å²) >= 11 is 5.72. The van der Waals surface area contributed by atoms with Crippen LogP contribution in [0.5, 0.6) is 0 Å². The Bertz CT molecular complexity index is 651. The number of sulfone groups is 1. The van der Waals surface area contributed by atoms with Gasteiger partial charge in [-0.15, -0.1) is 11.6 Å². The first-order valence-corrected chi connectivity index (χ1v) is 7.73. The van der Waals surface area contributed by atoms with E-state index in [9.17, 15) is 8.42 Å². The number of pyridine rings is 1. The first kappa shape index (κ1) is 13.1. The molecular weight excluding hydrogens is 270 g/mol. The zero-order chi connectivity index (χ0) is 13.2. The Labute approximate surface area is 111 Å². The summed E-state index contributed by atoms with van der Waals surface area (Å²) in [5.74, 6) is 0.460. The standard InChI is InChI=1S/C13H12ClNO2S/c1-18(16,17)13-6-12(8-15-9-13)11-4-2-10(7-14)3-5-11/h2-6,8-9H,7H2,1H3. The molecule has 0 saturated carbocycles. The van der Waals surface area contributed by atoms with Crippen LogP contribution < -0.4 is 0 Å². The van der Waals surface area contributed by atoms with Crippen LogP contribution in [0.3, 0.4) is 0 Å². The van der Waals surface area contributed by atoms with Crippen molar-refractivity contribution in [2.24, 2.45) is 0 Å². The van der Waals surface area contributed by atoms with Crippen LogP contribution in [-0.2, 0) is 15.7 Å². The maximum atomic E-state index is 11.5.